The minimum Gasteiger partial charge on any atom is -0.478 e. The first-order chi connectivity index (χ1) is 16.0. The fourth-order valence-corrected chi connectivity index (χ4v) is 5.04. The highest BCUT2D eigenvalue weighted by Crippen LogP contribution is 2.35. The third kappa shape index (κ3) is 5.07. The van der Waals surface area contributed by atoms with Gasteiger partial charge >= 0.3 is 5.97 Å². The molecular formula is C27H30N2O4. The summed E-state index contributed by atoms with van der Waals surface area (Å²) in [7, 11) is 1.42. The molecule has 0 radical (unpaired) electrons. The van der Waals surface area contributed by atoms with E-state index in [9.17, 15) is 14.7 Å². The maximum atomic E-state index is 11.9. The Bertz CT molecular complexity index is 1140. The Labute approximate surface area is 193 Å². The van der Waals surface area contributed by atoms with Gasteiger partial charge in [-0.15, -0.1) is 0 Å². The number of hydrogen-bond donors (Lipinski definition) is 3. The molecule has 0 aliphatic heterocycles. The molecule has 3 N–H and O–H groups in total. The maximum absolute atomic E-state index is 11.9. The van der Waals surface area contributed by atoms with E-state index < -0.39 is 5.97 Å². The van der Waals surface area contributed by atoms with Crippen LogP contribution < -0.4 is 10.8 Å². The lowest BCUT2D eigenvalue weighted by Gasteiger charge is -2.32. The Hall–Kier alpha value is -3.22. The molecule has 0 heterocycles. The predicted molar refractivity (Wildman–Crippen MR) is 128 cm³/mol. The molecule has 3 aromatic carbocycles. The fourth-order valence-electron chi connectivity index (χ4n) is 5.04. The van der Waals surface area contributed by atoms with Gasteiger partial charge in [-0.3, -0.25) is 9.63 Å². The molecule has 6 heteroatoms. The topological polar surface area (TPSA) is 87.7 Å². The Balaban J connectivity index is 1.47. The predicted octanol–water partition coefficient (Wildman–Crippen LogP) is 5.21. The molecule has 172 valence electrons. The van der Waals surface area contributed by atoms with Gasteiger partial charge < -0.3 is 10.4 Å². The van der Waals surface area contributed by atoms with Gasteiger partial charge in [0, 0.05) is 17.6 Å². The second kappa shape index (κ2) is 10.1. The monoisotopic (exact) mass is 446 g/mol. The highest BCUT2D eigenvalue weighted by Gasteiger charge is 2.25. The van der Waals surface area contributed by atoms with Gasteiger partial charge in [0.2, 0.25) is 0 Å². The summed E-state index contributed by atoms with van der Waals surface area (Å²) in [6.45, 7) is 2.15. The summed E-state index contributed by atoms with van der Waals surface area (Å²) in [5.41, 5.74) is 5.63. The first-order valence-corrected chi connectivity index (χ1v) is 11.4. The van der Waals surface area contributed by atoms with E-state index in [1.165, 1.54) is 12.7 Å². The van der Waals surface area contributed by atoms with Crippen LogP contribution in [-0.2, 0) is 4.84 Å². The third-order valence-corrected chi connectivity index (χ3v) is 6.65. The molecule has 6 nitrogen and oxygen atoms in total. The first-order valence-electron chi connectivity index (χ1n) is 11.4. The SMILES string of the molecule is CONC(=O)c1ccc([C@H]2CCCC(N[C@H](C)c3cccc4c(C(=O)O)cccc34)C2)cc1. The van der Waals surface area contributed by atoms with Crippen LogP contribution in [0.15, 0.2) is 60.7 Å². The lowest BCUT2D eigenvalue weighted by Crippen LogP contribution is -2.35. The summed E-state index contributed by atoms with van der Waals surface area (Å²) in [4.78, 5) is 28.2. The lowest BCUT2D eigenvalue weighted by molar-refractivity contribution is 0.0537. The molecule has 3 aromatic rings. The number of benzene rings is 3. The molecule has 1 unspecified atom stereocenters. The van der Waals surface area contributed by atoms with Crippen molar-refractivity contribution in [2.45, 2.75) is 50.6 Å². The molecule has 4 rings (SSSR count). The van der Waals surface area contributed by atoms with Crippen LogP contribution in [0.5, 0.6) is 0 Å². The molecule has 1 aliphatic rings. The summed E-state index contributed by atoms with van der Waals surface area (Å²) in [5, 5.41) is 15.1. The summed E-state index contributed by atoms with van der Waals surface area (Å²) >= 11 is 0. The molecule has 0 bridgehead atoms. The minimum absolute atomic E-state index is 0.0987. The van der Waals surface area contributed by atoms with Crippen LogP contribution in [0.2, 0.25) is 0 Å². The van der Waals surface area contributed by atoms with E-state index >= 15 is 0 Å². The number of fused-ring (bicyclic) bond motifs is 1. The largest absolute Gasteiger partial charge is 0.478 e. The summed E-state index contributed by atoms with van der Waals surface area (Å²) in [5.74, 6) is -0.712. The minimum atomic E-state index is -0.904. The van der Waals surface area contributed by atoms with Crippen molar-refractivity contribution in [2.75, 3.05) is 7.11 Å². The van der Waals surface area contributed by atoms with Gasteiger partial charge in [0.1, 0.15) is 0 Å². The van der Waals surface area contributed by atoms with Crippen LogP contribution in [-0.4, -0.2) is 30.1 Å². The van der Waals surface area contributed by atoms with Crippen molar-refractivity contribution in [1.82, 2.24) is 10.8 Å². The average molecular weight is 447 g/mol. The standard InChI is InChI=1S/C27H30N2O4/c1-17(22-8-4-10-24-23(22)9-5-11-25(24)27(31)32)28-21-7-3-6-20(16-21)18-12-14-19(15-13-18)26(30)29-33-2/h4-5,8-15,17,20-21,28H,3,6-7,16H2,1-2H3,(H,29,30)(H,31,32)/t17-,20+,21?/m1/s1. The van der Waals surface area contributed by atoms with Gasteiger partial charge in [-0.1, -0.05) is 48.9 Å². The Kier molecular flexibility index (Phi) is 7.06. The van der Waals surface area contributed by atoms with Gasteiger partial charge in [0.05, 0.1) is 12.7 Å². The number of amides is 1. The number of carboxylic acid groups (broad SMARTS) is 1. The quantitative estimate of drug-likeness (QED) is 0.434. The molecule has 33 heavy (non-hydrogen) atoms. The zero-order valence-corrected chi connectivity index (χ0v) is 19.0. The second-order valence-corrected chi connectivity index (χ2v) is 8.76. The van der Waals surface area contributed by atoms with E-state index in [2.05, 4.69) is 23.8 Å². The number of hydroxylamine groups is 1. The number of carbonyl (C=O) groups is 2. The van der Waals surface area contributed by atoms with Gasteiger partial charge in [-0.05, 0) is 72.2 Å². The van der Waals surface area contributed by atoms with Crippen LogP contribution >= 0.6 is 0 Å². The second-order valence-electron chi connectivity index (χ2n) is 8.76. The molecular weight excluding hydrogens is 416 g/mol. The number of aromatic carboxylic acids is 1. The van der Waals surface area contributed by atoms with Crippen molar-refractivity contribution in [3.05, 3.63) is 82.9 Å². The van der Waals surface area contributed by atoms with Crippen molar-refractivity contribution in [3.63, 3.8) is 0 Å². The van der Waals surface area contributed by atoms with E-state index in [0.717, 1.165) is 42.0 Å². The molecule has 0 spiro atoms. The maximum Gasteiger partial charge on any atom is 0.336 e. The first kappa shape index (κ1) is 23.0. The van der Waals surface area contributed by atoms with Gasteiger partial charge in [-0.25, -0.2) is 10.3 Å². The normalized spacial score (nSPS) is 19.2. The van der Waals surface area contributed by atoms with Crippen LogP contribution in [0.3, 0.4) is 0 Å². The Morgan fingerprint density at radius 1 is 1.00 bits per heavy atom. The van der Waals surface area contributed by atoms with Crippen molar-refractivity contribution < 1.29 is 19.5 Å². The molecule has 1 amide bonds. The number of nitrogens with one attached hydrogen (secondary N) is 2. The molecule has 1 fully saturated rings. The van der Waals surface area contributed by atoms with Crippen LogP contribution in [0.25, 0.3) is 10.8 Å². The van der Waals surface area contributed by atoms with Crippen LogP contribution in [0.4, 0.5) is 0 Å². The van der Waals surface area contributed by atoms with Gasteiger partial charge in [-0.2, -0.15) is 0 Å². The third-order valence-electron chi connectivity index (χ3n) is 6.65. The van der Waals surface area contributed by atoms with E-state index in [4.69, 9.17) is 4.84 Å². The lowest BCUT2D eigenvalue weighted by atomic mass is 9.80. The van der Waals surface area contributed by atoms with Gasteiger partial charge in [0.25, 0.3) is 5.91 Å². The van der Waals surface area contributed by atoms with Crippen molar-refractivity contribution in [1.29, 1.82) is 0 Å². The van der Waals surface area contributed by atoms with Crippen LogP contribution in [0.1, 0.15) is 76.4 Å². The number of carboxylic acids is 1. The number of carbonyl (C=O) groups excluding carboxylic acids is 1. The summed E-state index contributed by atoms with van der Waals surface area (Å²) in [6, 6.07) is 19.6. The summed E-state index contributed by atoms with van der Waals surface area (Å²) in [6.07, 6.45) is 4.41. The average Bonchev–Trinajstić information content (AvgIpc) is 2.83. The van der Waals surface area contributed by atoms with Crippen molar-refractivity contribution in [2.24, 2.45) is 0 Å². The molecule has 0 saturated heterocycles. The van der Waals surface area contributed by atoms with Crippen LogP contribution in [0, 0.1) is 0 Å². The molecule has 1 saturated carbocycles. The smallest absolute Gasteiger partial charge is 0.336 e. The highest BCUT2D eigenvalue weighted by molar-refractivity contribution is 6.04. The van der Waals surface area contributed by atoms with E-state index in [1.54, 1.807) is 6.07 Å². The van der Waals surface area contributed by atoms with E-state index in [0.29, 0.717) is 23.1 Å². The zero-order valence-electron chi connectivity index (χ0n) is 19.0. The molecule has 0 aromatic heterocycles. The molecule has 3 atom stereocenters. The number of rotatable bonds is 7. The zero-order chi connectivity index (χ0) is 23.4. The van der Waals surface area contributed by atoms with E-state index in [1.807, 2.05) is 48.5 Å². The van der Waals surface area contributed by atoms with Crippen molar-refractivity contribution in [3.8, 4) is 0 Å². The Morgan fingerprint density at radius 3 is 2.45 bits per heavy atom. The fraction of sp³-hybridized carbons (Fsp3) is 0.333. The summed E-state index contributed by atoms with van der Waals surface area (Å²) < 4.78 is 0. The van der Waals surface area contributed by atoms with Gasteiger partial charge in [0.15, 0.2) is 0 Å². The molecule has 1 aliphatic carbocycles. The van der Waals surface area contributed by atoms with E-state index in [-0.39, 0.29) is 11.9 Å². The Morgan fingerprint density at radius 2 is 1.73 bits per heavy atom. The van der Waals surface area contributed by atoms with Crippen molar-refractivity contribution >= 4 is 22.6 Å². The number of hydrogen-bond acceptors (Lipinski definition) is 4. The highest BCUT2D eigenvalue weighted by atomic mass is 16.6.